The minimum atomic E-state index is -0.492. The summed E-state index contributed by atoms with van der Waals surface area (Å²) in [6.07, 6.45) is 3.81. The number of pyridine rings is 2. The van der Waals surface area contributed by atoms with Gasteiger partial charge in [0.15, 0.2) is 0 Å². The molecule has 7 nitrogen and oxygen atoms in total. The van der Waals surface area contributed by atoms with E-state index in [1.165, 1.54) is 6.07 Å². The van der Waals surface area contributed by atoms with Gasteiger partial charge in [-0.15, -0.1) is 0 Å². The predicted molar refractivity (Wildman–Crippen MR) is 121 cm³/mol. The van der Waals surface area contributed by atoms with Crippen LogP contribution in [0.4, 0.5) is 4.39 Å². The number of rotatable bonds is 3. The molecule has 0 amide bonds. The molecule has 4 aromatic heterocycles. The predicted octanol–water partition coefficient (Wildman–Crippen LogP) is 4.48. The number of H-pyrrole nitrogens is 2. The largest absolute Gasteiger partial charge is 0.508 e. The summed E-state index contributed by atoms with van der Waals surface area (Å²) in [7, 11) is 0. The molecule has 5 heterocycles. The minimum Gasteiger partial charge on any atom is -0.508 e. The summed E-state index contributed by atoms with van der Waals surface area (Å²) in [6, 6.07) is 11.9. The molecule has 0 unspecified atom stereocenters. The molecule has 0 aliphatic carbocycles. The van der Waals surface area contributed by atoms with E-state index in [1.807, 2.05) is 18.2 Å². The Hall–Kier alpha value is -3.78. The second-order valence-corrected chi connectivity index (χ2v) is 8.23. The molecule has 8 heteroatoms. The first-order valence-electron chi connectivity index (χ1n) is 10.7. The number of hydrogen-bond donors (Lipinski definition) is 4. The molecule has 4 N–H and O–H groups in total. The molecule has 5 aromatic rings. The van der Waals surface area contributed by atoms with Gasteiger partial charge in [-0.2, -0.15) is 5.10 Å². The Labute approximate surface area is 182 Å². The minimum absolute atomic E-state index is 0.117. The molecule has 1 fully saturated rings. The fourth-order valence-electron chi connectivity index (χ4n) is 4.58. The van der Waals surface area contributed by atoms with Gasteiger partial charge in [0, 0.05) is 29.3 Å². The quantitative estimate of drug-likeness (QED) is 0.339. The number of aromatic hydroxyl groups is 1. The van der Waals surface area contributed by atoms with E-state index in [0.717, 1.165) is 71.1 Å². The number of nitrogens with one attached hydrogen (secondary N) is 3. The van der Waals surface area contributed by atoms with Gasteiger partial charge in [0.05, 0.1) is 11.2 Å². The highest BCUT2D eigenvalue weighted by Crippen LogP contribution is 2.35. The standard InChI is InChI=1S/C24H21FN6O/c25-15-9-14(10-16(32)11-15)17-5-8-27-24-18(17)12-21(29-24)23-22-20(30-31-23)2-1-19(28-22)13-3-6-26-7-4-13/h1-2,5,8-13,26,32H,3-4,6-7H2,(H,27,29)(H,30,31). The highest BCUT2D eigenvalue weighted by Gasteiger charge is 2.20. The lowest BCUT2D eigenvalue weighted by molar-refractivity contribution is 0.454. The summed E-state index contributed by atoms with van der Waals surface area (Å²) in [4.78, 5) is 12.7. The molecule has 0 radical (unpaired) electrons. The lowest BCUT2D eigenvalue weighted by atomic mass is 9.94. The molecule has 160 valence electrons. The van der Waals surface area contributed by atoms with E-state index >= 15 is 0 Å². The van der Waals surface area contributed by atoms with E-state index in [0.29, 0.717) is 17.1 Å². The van der Waals surface area contributed by atoms with Crippen molar-refractivity contribution in [2.24, 2.45) is 0 Å². The average Bonchev–Trinajstić information content (AvgIpc) is 3.42. The van der Waals surface area contributed by atoms with Crippen LogP contribution in [0.15, 0.2) is 48.7 Å². The summed E-state index contributed by atoms with van der Waals surface area (Å²) >= 11 is 0. The van der Waals surface area contributed by atoms with Gasteiger partial charge in [-0.3, -0.25) is 5.10 Å². The first-order chi connectivity index (χ1) is 15.7. The zero-order valence-corrected chi connectivity index (χ0v) is 17.2. The van der Waals surface area contributed by atoms with Crippen molar-refractivity contribution in [3.8, 4) is 28.3 Å². The Bertz CT molecular complexity index is 1430. The van der Waals surface area contributed by atoms with E-state index in [1.54, 1.807) is 12.3 Å². The SMILES string of the molecule is Oc1cc(F)cc(-c2ccnc3[nH]c(-c4n[nH]c5ccc(C6CCNCC6)nc45)cc23)c1. The topological polar surface area (TPSA) is 103 Å². The maximum Gasteiger partial charge on any atom is 0.138 e. The van der Waals surface area contributed by atoms with Gasteiger partial charge in [0.1, 0.15) is 28.4 Å². The Morgan fingerprint density at radius 3 is 2.75 bits per heavy atom. The number of benzene rings is 1. The molecule has 32 heavy (non-hydrogen) atoms. The van der Waals surface area contributed by atoms with Crippen LogP contribution in [-0.4, -0.2) is 43.3 Å². The lowest BCUT2D eigenvalue weighted by Crippen LogP contribution is -2.27. The molecule has 1 aliphatic heterocycles. The first kappa shape index (κ1) is 18.9. The number of phenols is 1. The number of fused-ring (bicyclic) bond motifs is 2. The Morgan fingerprint density at radius 2 is 1.91 bits per heavy atom. The lowest BCUT2D eigenvalue weighted by Gasteiger charge is -2.22. The maximum atomic E-state index is 13.9. The van der Waals surface area contributed by atoms with Gasteiger partial charge in [0.2, 0.25) is 0 Å². The van der Waals surface area contributed by atoms with Crippen molar-refractivity contribution in [1.82, 2.24) is 30.5 Å². The number of aromatic nitrogens is 5. The van der Waals surface area contributed by atoms with Crippen LogP contribution in [0.5, 0.6) is 5.75 Å². The summed E-state index contributed by atoms with van der Waals surface area (Å²) in [5.41, 5.74) is 6.30. The Morgan fingerprint density at radius 1 is 1.03 bits per heavy atom. The van der Waals surface area contributed by atoms with Crippen LogP contribution in [0, 0.1) is 5.82 Å². The number of piperidine rings is 1. The van der Waals surface area contributed by atoms with Crippen LogP contribution >= 0.6 is 0 Å². The Kier molecular flexibility index (Phi) is 4.39. The third-order valence-electron chi connectivity index (χ3n) is 6.17. The van der Waals surface area contributed by atoms with Crippen LogP contribution in [0.1, 0.15) is 24.5 Å². The zero-order chi connectivity index (χ0) is 21.7. The highest BCUT2D eigenvalue weighted by molar-refractivity contribution is 5.98. The zero-order valence-electron chi connectivity index (χ0n) is 17.2. The van der Waals surface area contributed by atoms with Gasteiger partial charge in [-0.05, 0) is 73.5 Å². The number of phenolic OH excluding ortho intramolecular Hbond substituents is 1. The van der Waals surface area contributed by atoms with Crippen molar-refractivity contribution < 1.29 is 9.50 Å². The summed E-state index contributed by atoms with van der Waals surface area (Å²) in [5.74, 6) is -0.164. The van der Waals surface area contributed by atoms with E-state index in [2.05, 4.69) is 31.5 Å². The molecule has 0 bridgehead atoms. The summed E-state index contributed by atoms with van der Waals surface area (Å²) in [5, 5.41) is 21.7. The van der Waals surface area contributed by atoms with Gasteiger partial charge >= 0.3 is 0 Å². The second kappa shape index (κ2) is 7.42. The van der Waals surface area contributed by atoms with Crippen LogP contribution < -0.4 is 5.32 Å². The fourth-order valence-corrected chi connectivity index (χ4v) is 4.58. The molecule has 1 aliphatic rings. The molecule has 0 saturated carbocycles. The number of nitrogens with zero attached hydrogens (tertiary/aromatic N) is 3. The third kappa shape index (κ3) is 3.20. The summed E-state index contributed by atoms with van der Waals surface area (Å²) < 4.78 is 13.9. The van der Waals surface area contributed by atoms with Crippen LogP contribution in [0.3, 0.4) is 0 Å². The van der Waals surface area contributed by atoms with Crippen molar-refractivity contribution in [1.29, 1.82) is 0 Å². The van der Waals surface area contributed by atoms with Gasteiger partial charge in [-0.1, -0.05) is 0 Å². The van der Waals surface area contributed by atoms with E-state index in [9.17, 15) is 9.50 Å². The van der Waals surface area contributed by atoms with Crippen molar-refractivity contribution in [2.45, 2.75) is 18.8 Å². The van der Waals surface area contributed by atoms with Crippen molar-refractivity contribution in [3.63, 3.8) is 0 Å². The van der Waals surface area contributed by atoms with Crippen LogP contribution in [0.25, 0.3) is 44.6 Å². The van der Waals surface area contributed by atoms with Crippen LogP contribution in [0.2, 0.25) is 0 Å². The number of aromatic amines is 2. The number of halogens is 1. The van der Waals surface area contributed by atoms with Crippen molar-refractivity contribution >= 4 is 22.1 Å². The van der Waals surface area contributed by atoms with Gasteiger partial charge in [-0.25, -0.2) is 14.4 Å². The first-order valence-corrected chi connectivity index (χ1v) is 10.7. The average molecular weight is 428 g/mol. The van der Waals surface area contributed by atoms with Crippen LogP contribution in [-0.2, 0) is 0 Å². The fraction of sp³-hybridized carbons (Fsp3) is 0.208. The van der Waals surface area contributed by atoms with Crippen molar-refractivity contribution in [3.05, 3.63) is 60.2 Å². The third-order valence-corrected chi connectivity index (χ3v) is 6.17. The molecular weight excluding hydrogens is 407 g/mol. The molecule has 0 spiro atoms. The normalized spacial score (nSPS) is 15.0. The molecule has 1 saturated heterocycles. The molecular formula is C24H21FN6O. The van der Waals surface area contributed by atoms with Gasteiger partial charge < -0.3 is 15.4 Å². The molecule has 0 atom stereocenters. The highest BCUT2D eigenvalue weighted by atomic mass is 19.1. The Balaban J connectivity index is 1.47. The summed E-state index contributed by atoms with van der Waals surface area (Å²) in [6.45, 7) is 2.02. The number of hydrogen-bond acceptors (Lipinski definition) is 5. The monoisotopic (exact) mass is 428 g/mol. The molecule has 6 rings (SSSR count). The van der Waals surface area contributed by atoms with Gasteiger partial charge in [0.25, 0.3) is 0 Å². The van der Waals surface area contributed by atoms with Crippen molar-refractivity contribution in [2.75, 3.05) is 13.1 Å². The van der Waals surface area contributed by atoms with E-state index in [-0.39, 0.29) is 5.75 Å². The van der Waals surface area contributed by atoms with E-state index < -0.39 is 5.82 Å². The second-order valence-electron chi connectivity index (χ2n) is 8.23. The molecule has 1 aromatic carbocycles. The van der Waals surface area contributed by atoms with E-state index in [4.69, 9.17) is 4.98 Å². The maximum absolute atomic E-state index is 13.9. The smallest absolute Gasteiger partial charge is 0.138 e.